The van der Waals surface area contributed by atoms with E-state index < -0.39 is 12.1 Å². The second-order valence-electron chi connectivity index (χ2n) is 26.3. The number of ether oxygens (including phenoxy) is 1. The van der Waals surface area contributed by atoms with Crippen molar-refractivity contribution >= 4 is 11.9 Å². The molecular weight excluding hydrogens is 1020 g/mol. The maximum Gasteiger partial charge on any atom is 0.305 e. The van der Waals surface area contributed by atoms with Gasteiger partial charge in [-0.05, 0) is 77.0 Å². The summed E-state index contributed by atoms with van der Waals surface area (Å²) in [6.45, 7) is 4.99. The molecule has 0 aromatic carbocycles. The van der Waals surface area contributed by atoms with Crippen LogP contribution >= 0.6 is 0 Å². The van der Waals surface area contributed by atoms with E-state index in [4.69, 9.17) is 4.74 Å². The molecule has 0 saturated carbocycles. The molecule has 83 heavy (non-hydrogen) atoms. The molecular formula is C77H149NO5. The Hall–Kier alpha value is -1.66. The molecule has 0 aliphatic carbocycles. The monoisotopic (exact) mass is 1170 g/mol. The highest BCUT2D eigenvalue weighted by atomic mass is 16.5. The molecule has 0 heterocycles. The molecule has 0 spiro atoms. The van der Waals surface area contributed by atoms with Gasteiger partial charge in [-0.3, -0.25) is 9.59 Å². The average molecular weight is 1170 g/mol. The Morgan fingerprint density at radius 2 is 0.566 bits per heavy atom. The van der Waals surface area contributed by atoms with E-state index >= 15 is 0 Å². The van der Waals surface area contributed by atoms with Crippen LogP contribution in [0, 0.1) is 0 Å². The lowest BCUT2D eigenvalue weighted by Crippen LogP contribution is -2.45. The molecule has 6 nitrogen and oxygen atoms in total. The normalized spacial score (nSPS) is 12.6. The fraction of sp³-hybridized carbons (Fsp3) is 0.922. The summed E-state index contributed by atoms with van der Waals surface area (Å²) >= 11 is 0. The van der Waals surface area contributed by atoms with Crippen LogP contribution in [0.25, 0.3) is 0 Å². The van der Waals surface area contributed by atoms with Crippen LogP contribution in [-0.4, -0.2) is 47.4 Å². The molecule has 0 saturated heterocycles. The quantitative estimate of drug-likeness (QED) is 0.0320. The van der Waals surface area contributed by atoms with E-state index in [9.17, 15) is 19.8 Å². The summed E-state index contributed by atoms with van der Waals surface area (Å²) in [5.41, 5.74) is 0. The average Bonchev–Trinajstić information content (AvgIpc) is 3.49. The van der Waals surface area contributed by atoms with Crippen molar-refractivity contribution < 1.29 is 24.5 Å². The number of hydrogen-bond donors (Lipinski definition) is 3. The summed E-state index contributed by atoms with van der Waals surface area (Å²) in [6, 6.07) is -0.541. The fourth-order valence-electron chi connectivity index (χ4n) is 12.2. The number of unbranched alkanes of at least 4 members (excludes halogenated alkanes) is 57. The first-order valence-electron chi connectivity index (χ1n) is 38.1. The van der Waals surface area contributed by atoms with E-state index in [0.717, 1.165) is 44.9 Å². The third-order valence-electron chi connectivity index (χ3n) is 18.0. The van der Waals surface area contributed by atoms with Gasteiger partial charge in [0.05, 0.1) is 25.4 Å². The molecule has 0 aliphatic heterocycles. The van der Waals surface area contributed by atoms with Gasteiger partial charge in [0.2, 0.25) is 5.91 Å². The second kappa shape index (κ2) is 72.8. The summed E-state index contributed by atoms with van der Waals surface area (Å²) in [5.74, 6) is -0.0189. The van der Waals surface area contributed by atoms with Gasteiger partial charge < -0.3 is 20.3 Å². The SMILES string of the molecule is CCCCCCC/C=C\CCCCCCCC(=O)OCCCCCCCCCCCCCC/C=C\CCCCCCCCCCCCCCCCC(=O)NC(CO)C(O)CCCCCCCCCCCCCCCCCCCCCCCC. The van der Waals surface area contributed by atoms with Gasteiger partial charge in [0.1, 0.15) is 0 Å². The van der Waals surface area contributed by atoms with Crippen LogP contribution in [0.3, 0.4) is 0 Å². The van der Waals surface area contributed by atoms with E-state index in [2.05, 4.69) is 43.5 Å². The highest BCUT2D eigenvalue weighted by molar-refractivity contribution is 5.76. The second-order valence-corrected chi connectivity index (χ2v) is 26.3. The number of rotatable bonds is 72. The molecule has 0 bridgehead atoms. The van der Waals surface area contributed by atoms with Crippen LogP contribution in [0.1, 0.15) is 431 Å². The van der Waals surface area contributed by atoms with Crippen LogP contribution in [0.4, 0.5) is 0 Å². The Labute approximate surface area is 520 Å². The minimum atomic E-state index is -0.664. The predicted molar refractivity (Wildman–Crippen MR) is 366 cm³/mol. The van der Waals surface area contributed by atoms with Crippen molar-refractivity contribution in [3.63, 3.8) is 0 Å². The van der Waals surface area contributed by atoms with Crippen LogP contribution in [0.5, 0.6) is 0 Å². The first-order valence-corrected chi connectivity index (χ1v) is 38.1. The van der Waals surface area contributed by atoms with E-state index in [1.807, 2.05) is 0 Å². The first kappa shape index (κ1) is 81.3. The number of hydrogen-bond acceptors (Lipinski definition) is 5. The highest BCUT2D eigenvalue weighted by Gasteiger charge is 2.20. The Morgan fingerprint density at radius 1 is 0.325 bits per heavy atom. The summed E-state index contributed by atoms with van der Waals surface area (Å²) in [6.07, 6.45) is 92.5. The summed E-state index contributed by atoms with van der Waals surface area (Å²) in [5, 5.41) is 23.5. The van der Waals surface area contributed by atoms with Gasteiger partial charge in [0.15, 0.2) is 0 Å². The molecule has 2 unspecified atom stereocenters. The minimum absolute atomic E-state index is 0.00945. The van der Waals surface area contributed by atoms with Crippen molar-refractivity contribution in [3.8, 4) is 0 Å². The molecule has 3 N–H and O–H groups in total. The van der Waals surface area contributed by atoms with Gasteiger partial charge in [0.25, 0.3) is 0 Å². The van der Waals surface area contributed by atoms with Gasteiger partial charge in [-0.2, -0.15) is 0 Å². The van der Waals surface area contributed by atoms with E-state index in [1.165, 1.54) is 353 Å². The predicted octanol–water partition coefficient (Wildman–Crippen LogP) is 24.9. The van der Waals surface area contributed by atoms with Crippen LogP contribution in [-0.2, 0) is 14.3 Å². The number of aliphatic hydroxyl groups excluding tert-OH is 2. The lowest BCUT2D eigenvalue weighted by Gasteiger charge is -2.22. The maximum absolute atomic E-state index is 12.6. The topological polar surface area (TPSA) is 95.9 Å². The third kappa shape index (κ3) is 69.3. The number of aliphatic hydroxyl groups is 2. The highest BCUT2D eigenvalue weighted by Crippen LogP contribution is 2.19. The molecule has 492 valence electrons. The van der Waals surface area contributed by atoms with E-state index in [1.54, 1.807) is 0 Å². The van der Waals surface area contributed by atoms with Crippen molar-refractivity contribution in [1.82, 2.24) is 5.32 Å². The maximum atomic E-state index is 12.6. The van der Waals surface area contributed by atoms with E-state index in [0.29, 0.717) is 25.9 Å². The summed E-state index contributed by atoms with van der Waals surface area (Å²) in [4.78, 5) is 24.6. The zero-order valence-corrected chi connectivity index (χ0v) is 56.5. The zero-order valence-electron chi connectivity index (χ0n) is 56.5. The summed E-state index contributed by atoms with van der Waals surface area (Å²) in [7, 11) is 0. The van der Waals surface area contributed by atoms with Crippen LogP contribution < -0.4 is 5.32 Å². The zero-order chi connectivity index (χ0) is 59.9. The molecule has 6 heteroatoms. The molecule has 0 aromatic rings. The number of allylic oxidation sites excluding steroid dienone is 4. The Bertz CT molecular complexity index is 1300. The van der Waals surface area contributed by atoms with Gasteiger partial charge in [-0.15, -0.1) is 0 Å². The minimum Gasteiger partial charge on any atom is -0.466 e. The van der Waals surface area contributed by atoms with Crippen molar-refractivity contribution in [2.75, 3.05) is 13.2 Å². The smallest absolute Gasteiger partial charge is 0.305 e. The van der Waals surface area contributed by atoms with Crippen molar-refractivity contribution in [1.29, 1.82) is 0 Å². The van der Waals surface area contributed by atoms with Crippen molar-refractivity contribution in [2.45, 2.75) is 443 Å². The summed E-state index contributed by atoms with van der Waals surface area (Å²) < 4.78 is 5.49. The van der Waals surface area contributed by atoms with E-state index in [-0.39, 0.29) is 18.5 Å². The number of esters is 1. The van der Waals surface area contributed by atoms with Gasteiger partial charge in [0, 0.05) is 12.8 Å². The Balaban J connectivity index is 3.37. The number of amides is 1. The van der Waals surface area contributed by atoms with Gasteiger partial charge >= 0.3 is 5.97 Å². The van der Waals surface area contributed by atoms with Gasteiger partial charge in [-0.25, -0.2) is 0 Å². The van der Waals surface area contributed by atoms with Gasteiger partial charge in [-0.1, -0.05) is 366 Å². The molecule has 0 aliphatic rings. The Kier molecular flexibility index (Phi) is 71.4. The molecule has 0 radical (unpaired) electrons. The molecule has 2 atom stereocenters. The van der Waals surface area contributed by atoms with Crippen LogP contribution in [0.2, 0.25) is 0 Å². The Morgan fingerprint density at radius 3 is 0.855 bits per heavy atom. The molecule has 1 amide bonds. The first-order chi connectivity index (χ1) is 41.0. The number of nitrogens with one attached hydrogen (secondary N) is 1. The van der Waals surface area contributed by atoms with Crippen LogP contribution in [0.15, 0.2) is 24.3 Å². The standard InChI is InChI=1S/C77H149NO5/c1-3-5-7-9-11-13-15-17-19-20-21-22-33-36-39-42-45-49-53-57-61-65-69-75(80)74(73-79)78-76(81)70-66-62-58-54-50-46-43-40-37-34-31-29-27-25-23-24-26-28-30-32-35-38-41-44-48-52-56-60-64-68-72-83-77(82)71-67-63-59-55-51-47-18-16-14-12-10-8-6-4-2/h16,18,24,26,74-75,79-80H,3-15,17,19-23,25,27-73H2,1-2H3,(H,78,81)/b18-16-,26-24-. The number of carbonyl (C=O) groups is 2. The lowest BCUT2D eigenvalue weighted by molar-refractivity contribution is -0.143. The van der Waals surface area contributed by atoms with Crippen molar-refractivity contribution in [2.24, 2.45) is 0 Å². The lowest BCUT2D eigenvalue weighted by atomic mass is 10.0. The largest absolute Gasteiger partial charge is 0.466 e. The number of carbonyl (C=O) groups excluding carboxylic acids is 2. The fourth-order valence-corrected chi connectivity index (χ4v) is 12.2. The molecule has 0 aromatic heterocycles. The molecule has 0 fully saturated rings. The van der Waals surface area contributed by atoms with Crippen molar-refractivity contribution in [3.05, 3.63) is 24.3 Å². The third-order valence-corrected chi connectivity index (χ3v) is 18.0. The molecule has 0 rings (SSSR count).